The molecule has 0 radical (unpaired) electrons. The Balaban J connectivity index is 0.00000338. The van der Waals surface area contributed by atoms with Crippen LogP contribution in [0.5, 0.6) is 5.75 Å². The van der Waals surface area contributed by atoms with Gasteiger partial charge in [0, 0.05) is 33.2 Å². The topological polar surface area (TPSA) is 57.2 Å². The van der Waals surface area contributed by atoms with E-state index in [0.717, 1.165) is 50.7 Å². The molecule has 146 valence electrons. The van der Waals surface area contributed by atoms with Crippen molar-refractivity contribution in [3.8, 4) is 5.75 Å². The van der Waals surface area contributed by atoms with E-state index in [1.54, 1.807) is 0 Å². The van der Waals surface area contributed by atoms with Gasteiger partial charge < -0.3 is 19.9 Å². The SMILES string of the molecule is CCNC(=NCC(=O)N1CCCC1)N(C)Cc1ccc(OCC)cc1.I. The molecule has 0 spiro atoms. The van der Waals surface area contributed by atoms with Crippen LogP contribution in [0.25, 0.3) is 0 Å². The predicted octanol–water partition coefficient (Wildman–Crippen LogP) is 2.72. The molecule has 1 heterocycles. The van der Waals surface area contributed by atoms with Crippen molar-refractivity contribution in [2.24, 2.45) is 4.99 Å². The van der Waals surface area contributed by atoms with Gasteiger partial charge in [-0.15, -0.1) is 24.0 Å². The highest BCUT2D eigenvalue weighted by Gasteiger charge is 2.17. The third-order valence-corrected chi connectivity index (χ3v) is 4.17. The number of guanidine groups is 1. The van der Waals surface area contributed by atoms with Gasteiger partial charge in [0.05, 0.1) is 6.61 Å². The quantitative estimate of drug-likeness (QED) is 0.375. The molecule has 6 nitrogen and oxygen atoms in total. The van der Waals surface area contributed by atoms with E-state index in [9.17, 15) is 4.79 Å². The Bertz CT molecular complexity index is 571. The standard InChI is InChI=1S/C19H30N4O2.HI/c1-4-20-19(21-14-18(24)23-12-6-7-13-23)22(3)15-16-8-10-17(11-9-16)25-5-2;/h8-11H,4-7,12-15H2,1-3H3,(H,20,21);1H. The molecule has 0 bridgehead atoms. The molecule has 0 aromatic heterocycles. The molecule has 1 aromatic carbocycles. The van der Waals surface area contributed by atoms with E-state index < -0.39 is 0 Å². The van der Waals surface area contributed by atoms with Crippen LogP contribution >= 0.6 is 24.0 Å². The fourth-order valence-corrected chi connectivity index (χ4v) is 2.89. The summed E-state index contributed by atoms with van der Waals surface area (Å²) in [5.74, 6) is 1.75. The van der Waals surface area contributed by atoms with E-state index in [1.807, 2.05) is 42.8 Å². The van der Waals surface area contributed by atoms with Gasteiger partial charge in [0.25, 0.3) is 0 Å². The van der Waals surface area contributed by atoms with Crippen LogP contribution < -0.4 is 10.1 Å². The Kier molecular flexibility index (Phi) is 10.4. The van der Waals surface area contributed by atoms with Crippen LogP contribution in [0.2, 0.25) is 0 Å². The summed E-state index contributed by atoms with van der Waals surface area (Å²) < 4.78 is 5.47. The number of likely N-dealkylation sites (tertiary alicyclic amines) is 1. The molecule has 1 aliphatic heterocycles. The zero-order chi connectivity index (χ0) is 18.1. The zero-order valence-electron chi connectivity index (χ0n) is 16.0. The molecule has 1 aliphatic rings. The maximum atomic E-state index is 12.2. The summed E-state index contributed by atoms with van der Waals surface area (Å²) in [4.78, 5) is 20.6. The molecule has 2 rings (SSSR count). The second-order valence-corrected chi connectivity index (χ2v) is 6.19. The first-order valence-electron chi connectivity index (χ1n) is 9.13. The Morgan fingerprint density at radius 1 is 1.23 bits per heavy atom. The molecule has 1 amide bonds. The molecule has 0 unspecified atom stereocenters. The molecule has 0 saturated carbocycles. The van der Waals surface area contributed by atoms with Crippen LogP contribution in [-0.2, 0) is 11.3 Å². The number of amides is 1. The summed E-state index contributed by atoms with van der Waals surface area (Å²) >= 11 is 0. The summed E-state index contributed by atoms with van der Waals surface area (Å²) in [5, 5.41) is 3.26. The first-order valence-corrected chi connectivity index (χ1v) is 9.13. The molecule has 0 aliphatic carbocycles. The maximum absolute atomic E-state index is 12.2. The Morgan fingerprint density at radius 2 is 1.88 bits per heavy atom. The first-order chi connectivity index (χ1) is 12.1. The molecule has 1 fully saturated rings. The Labute approximate surface area is 174 Å². The Morgan fingerprint density at radius 3 is 2.46 bits per heavy atom. The van der Waals surface area contributed by atoms with Crippen molar-refractivity contribution in [1.29, 1.82) is 0 Å². The lowest BCUT2D eigenvalue weighted by Gasteiger charge is -2.22. The highest BCUT2D eigenvalue weighted by atomic mass is 127. The van der Waals surface area contributed by atoms with Crippen molar-refractivity contribution in [3.63, 3.8) is 0 Å². The van der Waals surface area contributed by atoms with E-state index in [-0.39, 0.29) is 36.4 Å². The second-order valence-electron chi connectivity index (χ2n) is 6.19. The number of nitrogens with one attached hydrogen (secondary N) is 1. The monoisotopic (exact) mass is 474 g/mol. The van der Waals surface area contributed by atoms with Crippen molar-refractivity contribution in [2.45, 2.75) is 33.2 Å². The molecular formula is C19H31IN4O2. The number of carbonyl (C=O) groups is 1. The lowest BCUT2D eigenvalue weighted by atomic mass is 10.2. The average Bonchev–Trinajstić information content (AvgIpc) is 3.15. The van der Waals surface area contributed by atoms with Gasteiger partial charge >= 0.3 is 0 Å². The second kappa shape index (κ2) is 12.0. The summed E-state index contributed by atoms with van der Waals surface area (Å²) in [5.41, 5.74) is 1.17. The van der Waals surface area contributed by atoms with Crippen molar-refractivity contribution in [1.82, 2.24) is 15.1 Å². The first kappa shape index (κ1) is 22.5. The summed E-state index contributed by atoms with van der Waals surface area (Å²) in [6.07, 6.45) is 2.21. The van der Waals surface area contributed by atoms with Crippen molar-refractivity contribution < 1.29 is 9.53 Å². The van der Waals surface area contributed by atoms with Gasteiger partial charge in [-0.25, -0.2) is 4.99 Å². The van der Waals surface area contributed by atoms with E-state index in [2.05, 4.69) is 22.4 Å². The van der Waals surface area contributed by atoms with E-state index in [4.69, 9.17) is 4.74 Å². The highest BCUT2D eigenvalue weighted by Crippen LogP contribution is 2.13. The minimum atomic E-state index is 0. The number of aliphatic imine (C=N–C) groups is 1. The third kappa shape index (κ3) is 7.01. The fraction of sp³-hybridized carbons (Fsp3) is 0.579. The van der Waals surface area contributed by atoms with Crippen LogP contribution in [0, 0.1) is 0 Å². The lowest BCUT2D eigenvalue weighted by molar-refractivity contribution is -0.128. The largest absolute Gasteiger partial charge is 0.494 e. The molecule has 1 N–H and O–H groups in total. The van der Waals surface area contributed by atoms with Crippen LogP contribution in [0.3, 0.4) is 0 Å². The molecule has 26 heavy (non-hydrogen) atoms. The summed E-state index contributed by atoms with van der Waals surface area (Å²) in [7, 11) is 1.98. The van der Waals surface area contributed by atoms with Crippen LogP contribution in [0.1, 0.15) is 32.3 Å². The van der Waals surface area contributed by atoms with Crippen molar-refractivity contribution >= 4 is 35.8 Å². The summed E-state index contributed by atoms with van der Waals surface area (Å²) in [6, 6.07) is 8.07. The van der Waals surface area contributed by atoms with Crippen LogP contribution in [0.4, 0.5) is 0 Å². The minimum absolute atomic E-state index is 0. The number of nitrogens with zero attached hydrogens (tertiary/aromatic N) is 3. The number of carbonyl (C=O) groups excluding carboxylic acids is 1. The van der Waals surface area contributed by atoms with Gasteiger partial charge in [0.15, 0.2) is 5.96 Å². The normalized spacial score (nSPS) is 14.0. The fourth-order valence-electron chi connectivity index (χ4n) is 2.89. The molecule has 1 aromatic rings. The van der Waals surface area contributed by atoms with Gasteiger partial charge in [-0.3, -0.25) is 4.79 Å². The summed E-state index contributed by atoms with van der Waals surface area (Å²) in [6.45, 7) is 8.10. The van der Waals surface area contributed by atoms with E-state index in [0.29, 0.717) is 6.61 Å². The smallest absolute Gasteiger partial charge is 0.244 e. The average molecular weight is 474 g/mol. The van der Waals surface area contributed by atoms with E-state index in [1.165, 1.54) is 5.56 Å². The number of benzene rings is 1. The number of rotatable bonds is 7. The van der Waals surface area contributed by atoms with Gasteiger partial charge in [-0.2, -0.15) is 0 Å². The number of halogens is 1. The minimum Gasteiger partial charge on any atom is -0.494 e. The van der Waals surface area contributed by atoms with Gasteiger partial charge in [0.1, 0.15) is 12.3 Å². The number of hydrogen-bond acceptors (Lipinski definition) is 3. The number of ether oxygens (including phenoxy) is 1. The van der Waals surface area contributed by atoms with E-state index >= 15 is 0 Å². The molecule has 0 atom stereocenters. The van der Waals surface area contributed by atoms with Gasteiger partial charge in [-0.1, -0.05) is 12.1 Å². The predicted molar refractivity (Wildman–Crippen MR) is 116 cm³/mol. The Hall–Kier alpha value is -1.51. The maximum Gasteiger partial charge on any atom is 0.244 e. The highest BCUT2D eigenvalue weighted by molar-refractivity contribution is 14.0. The van der Waals surface area contributed by atoms with Gasteiger partial charge in [0.2, 0.25) is 5.91 Å². The molecule has 1 saturated heterocycles. The van der Waals surface area contributed by atoms with Crippen LogP contribution in [0.15, 0.2) is 29.3 Å². The molecular weight excluding hydrogens is 443 g/mol. The third-order valence-electron chi connectivity index (χ3n) is 4.17. The number of hydrogen-bond donors (Lipinski definition) is 1. The van der Waals surface area contributed by atoms with Crippen LogP contribution in [-0.4, -0.2) is 61.5 Å². The molecule has 7 heteroatoms. The van der Waals surface area contributed by atoms with Crippen molar-refractivity contribution in [3.05, 3.63) is 29.8 Å². The van der Waals surface area contributed by atoms with Gasteiger partial charge in [-0.05, 0) is 44.4 Å². The zero-order valence-corrected chi connectivity index (χ0v) is 18.4. The van der Waals surface area contributed by atoms with Crippen molar-refractivity contribution in [2.75, 3.05) is 39.8 Å². The lowest BCUT2D eigenvalue weighted by Crippen LogP contribution is -2.39.